The number of hydrogen-bond donors (Lipinski definition) is 3. The minimum absolute atomic E-state index is 0.0539. The van der Waals surface area contributed by atoms with E-state index in [1.807, 2.05) is 0 Å². The molecule has 1 aromatic heterocycles. The molecule has 5 N–H and O–H groups in total. The molecule has 2 heterocycles. The van der Waals surface area contributed by atoms with Gasteiger partial charge in [0.05, 0.1) is 12.5 Å². The molecular weight excluding hydrogens is 260 g/mol. The van der Waals surface area contributed by atoms with Crippen molar-refractivity contribution in [3.63, 3.8) is 0 Å². The Morgan fingerprint density at radius 1 is 1.72 bits per heavy atom. The first-order chi connectivity index (χ1) is 8.52. The maximum absolute atomic E-state index is 11.7. The molecule has 1 aromatic rings. The largest absolute Gasteiger partial charge is 0.393 e. The van der Waals surface area contributed by atoms with Gasteiger partial charge in [-0.05, 0) is 6.07 Å². The third-order valence-electron chi connectivity index (χ3n) is 3.16. The van der Waals surface area contributed by atoms with Crippen LogP contribution in [0.3, 0.4) is 0 Å². The van der Waals surface area contributed by atoms with Gasteiger partial charge in [-0.2, -0.15) is 4.98 Å². The van der Waals surface area contributed by atoms with Crippen LogP contribution in [0.1, 0.15) is 12.6 Å². The summed E-state index contributed by atoms with van der Waals surface area (Å²) < 4.78 is 6.93. The lowest BCUT2D eigenvalue weighted by Gasteiger charge is -2.28. The van der Waals surface area contributed by atoms with E-state index in [4.69, 9.17) is 27.8 Å². The summed E-state index contributed by atoms with van der Waals surface area (Å²) in [4.78, 5) is 15.3. The molecule has 2 rings (SSSR count). The SMILES string of the molecule is Nc1ccn([C@H]2C[C@H](N)[C@](CO)(CCl)O2)c(=O)n1. The summed E-state index contributed by atoms with van der Waals surface area (Å²) >= 11 is 5.79. The van der Waals surface area contributed by atoms with Crippen molar-refractivity contribution >= 4 is 17.4 Å². The van der Waals surface area contributed by atoms with Gasteiger partial charge < -0.3 is 21.3 Å². The molecule has 0 bridgehead atoms. The molecule has 0 spiro atoms. The normalized spacial score (nSPS) is 31.7. The molecule has 7 nitrogen and oxygen atoms in total. The monoisotopic (exact) mass is 274 g/mol. The first-order valence-electron chi connectivity index (χ1n) is 5.47. The minimum atomic E-state index is -1.02. The first-order valence-corrected chi connectivity index (χ1v) is 6.01. The van der Waals surface area contributed by atoms with Crippen molar-refractivity contribution < 1.29 is 9.84 Å². The molecule has 1 aliphatic heterocycles. The van der Waals surface area contributed by atoms with Crippen molar-refractivity contribution in [2.75, 3.05) is 18.2 Å². The van der Waals surface area contributed by atoms with E-state index in [1.165, 1.54) is 16.8 Å². The van der Waals surface area contributed by atoms with Gasteiger partial charge in [-0.1, -0.05) is 0 Å². The lowest BCUT2D eigenvalue weighted by molar-refractivity contribution is -0.0898. The zero-order valence-electron chi connectivity index (χ0n) is 9.62. The van der Waals surface area contributed by atoms with Gasteiger partial charge in [0, 0.05) is 18.7 Å². The number of hydrogen-bond acceptors (Lipinski definition) is 6. The van der Waals surface area contributed by atoms with Crippen LogP contribution in [0.4, 0.5) is 5.82 Å². The highest BCUT2D eigenvalue weighted by Gasteiger charge is 2.47. The smallest absolute Gasteiger partial charge is 0.351 e. The average Bonchev–Trinajstić information content (AvgIpc) is 2.67. The summed E-state index contributed by atoms with van der Waals surface area (Å²) in [5, 5.41) is 9.35. The van der Waals surface area contributed by atoms with E-state index >= 15 is 0 Å². The number of ether oxygens (including phenoxy) is 1. The molecular formula is C10H15ClN4O3. The first kappa shape index (κ1) is 13.3. The number of halogens is 1. The molecule has 3 atom stereocenters. The van der Waals surface area contributed by atoms with E-state index < -0.39 is 23.6 Å². The summed E-state index contributed by atoms with van der Waals surface area (Å²) in [6, 6.07) is 1.05. The third kappa shape index (κ3) is 2.10. The number of anilines is 1. The van der Waals surface area contributed by atoms with Crippen LogP contribution in [0.5, 0.6) is 0 Å². The third-order valence-corrected chi connectivity index (χ3v) is 3.61. The Morgan fingerprint density at radius 3 is 2.94 bits per heavy atom. The summed E-state index contributed by atoms with van der Waals surface area (Å²) in [6.45, 7) is -0.300. The summed E-state index contributed by atoms with van der Waals surface area (Å²) in [7, 11) is 0. The van der Waals surface area contributed by atoms with Crippen molar-refractivity contribution in [2.24, 2.45) is 5.73 Å². The number of nitrogens with two attached hydrogens (primary N) is 2. The molecule has 1 aliphatic rings. The Balaban J connectivity index is 2.30. The second kappa shape index (κ2) is 4.85. The van der Waals surface area contributed by atoms with Crippen LogP contribution in [-0.4, -0.2) is 38.8 Å². The number of rotatable bonds is 3. The molecule has 0 amide bonds. The van der Waals surface area contributed by atoms with Crippen LogP contribution in [0.2, 0.25) is 0 Å². The number of nitrogen functional groups attached to an aromatic ring is 1. The molecule has 0 radical (unpaired) electrons. The maximum atomic E-state index is 11.7. The highest BCUT2D eigenvalue weighted by atomic mass is 35.5. The van der Waals surface area contributed by atoms with Crippen LogP contribution < -0.4 is 17.2 Å². The van der Waals surface area contributed by atoms with Gasteiger partial charge >= 0.3 is 5.69 Å². The van der Waals surface area contributed by atoms with Gasteiger partial charge in [0.2, 0.25) is 0 Å². The van der Waals surface area contributed by atoms with E-state index in [2.05, 4.69) is 4.98 Å². The summed E-state index contributed by atoms with van der Waals surface area (Å²) in [6.07, 6.45) is 1.27. The van der Waals surface area contributed by atoms with Crippen LogP contribution in [0.25, 0.3) is 0 Å². The van der Waals surface area contributed by atoms with Crippen LogP contribution in [-0.2, 0) is 4.74 Å². The topological polar surface area (TPSA) is 116 Å². The molecule has 0 aliphatic carbocycles. The lowest BCUT2D eigenvalue weighted by Crippen LogP contribution is -2.49. The van der Waals surface area contributed by atoms with Crippen molar-refractivity contribution in [2.45, 2.75) is 24.3 Å². The standard InChI is InChI=1S/C10H15ClN4O3/c11-4-10(5-16)6(12)3-8(18-10)15-2-1-7(13)14-9(15)17/h1-2,6,8,16H,3-5,12H2,(H2,13,14,17)/t6-,8+,10+/m0/s1. The van der Waals surface area contributed by atoms with Crippen LogP contribution >= 0.6 is 11.6 Å². The van der Waals surface area contributed by atoms with Crippen molar-refractivity contribution in [3.8, 4) is 0 Å². The second-order valence-corrected chi connectivity index (χ2v) is 4.58. The maximum Gasteiger partial charge on any atom is 0.351 e. The van der Waals surface area contributed by atoms with Gasteiger partial charge in [-0.25, -0.2) is 4.79 Å². The predicted molar refractivity (Wildman–Crippen MR) is 66.2 cm³/mol. The number of aliphatic hydroxyl groups is 1. The highest BCUT2D eigenvalue weighted by Crippen LogP contribution is 2.35. The van der Waals surface area contributed by atoms with Crippen molar-refractivity contribution in [3.05, 3.63) is 22.7 Å². The average molecular weight is 275 g/mol. The molecule has 1 fully saturated rings. The molecule has 8 heteroatoms. The Kier molecular flexibility index (Phi) is 3.58. The minimum Gasteiger partial charge on any atom is -0.393 e. The number of alkyl halides is 1. The van der Waals surface area contributed by atoms with Gasteiger partial charge in [0.1, 0.15) is 17.6 Å². The van der Waals surface area contributed by atoms with E-state index in [1.54, 1.807) is 0 Å². The Morgan fingerprint density at radius 2 is 2.44 bits per heavy atom. The number of nitrogens with zero attached hydrogens (tertiary/aromatic N) is 2. The van der Waals surface area contributed by atoms with Gasteiger partial charge in [-0.15, -0.1) is 11.6 Å². The fourth-order valence-electron chi connectivity index (χ4n) is 1.98. The molecule has 0 saturated carbocycles. The van der Waals surface area contributed by atoms with Crippen molar-refractivity contribution in [1.29, 1.82) is 0 Å². The van der Waals surface area contributed by atoms with E-state index in [9.17, 15) is 9.90 Å². The van der Waals surface area contributed by atoms with Gasteiger partial charge in [-0.3, -0.25) is 4.57 Å². The zero-order chi connectivity index (χ0) is 13.3. The zero-order valence-corrected chi connectivity index (χ0v) is 10.4. The summed E-state index contributed by atoms with van der Waals surface area (Å²) in [5.74, 6) is 0.197. The molecule has 100 valence electrons. The van der Waals surface area contributed by atoms with Gasteiger partial charge in [0.25, 0.3) is 0 Å². The molecule has 18 heavy (non-hydrogen) atoms. The molecule has 1 saturated heterocycles. The predicted octanol–water partition coefficient (Wildman–Crippen LogP) is -0.958. The fraction of sp³-hybridized carbons (Fsp3) is 0.600. The van der Waals surface area contributed by atoms with E-state index in [0.717, 1.165) is 0 Å². The van der Waals surface area contributed by atoms with E-state index in [-0.39, 0.29) is 18.3 Å². The fourth-order valence-corrected chi connectivity index (χ4v) is 2.33. The van der Waals surface area contributed by atoms with E-state index in [0.29, 0.717) is 6.42 Å². The van der Waals surface area contributed by atoms with Crippen LogP contribution in [0, 0.1) is 0 Å². The molecule has 0 unspecified atom stereocenters. The molecule has 0 aromatic carbocycles. The van der Waals surface area contributed by atoms with Crippen molar-refractivity contribution in [1.82, 2.24) is 9.55 Å². The Bertz CT molecular complexity index is 488. The van der Waals surface area contributed by atoms with Crippen LogP contribution in [0.15, 0.2) is 17.1 Å². The second-order valence-electron chi connectivity index (χ2n) is 4.31. The number of aromatic nitrogens is 2. The quantitative estimate of drug-likeness (QED) is 0.612. The van der Waals surface area contributed by atoms with Gasteiger partial charge in [0.15, 0.2) is 0 Å². The number of aliphatic hydroxyl groups excluding tert-OH is 1. The Labute approximate surface area is 108 Å². The Hall–Kier alpha value is -1.15. The lowest BCUT2D eigenvalue weighted by atomic mass is 9.98. The summed E-state index contributed by atoms with van der Waals surface area (Å²) in [5.41, 5.74) is 9.78. The highest BCUT2D eigenvalue weighted by molar-refractivity contribution is 6.18.